The lowest BCUT2D eigenvalue weighted by Crippen LogP contribution is -2.26. The van der Waals surface area contributed by atoms with Gasteiger partial charge in [-0.1, -0.05) is 34.8 Å². The molecule has 0 unspecified atom stereocenters. The van der Waals surface area contributed by atoms with Crippen molar-refractivity contribution in [2.75, 3.05) is 0 Å². The number of aromatic nitrogens is 3. The van der Waals surface area contributed by atoms with Gasteiger partial charge in [-0.2, -0.15) is 4.68 Å². The van der Waals surface area contributed by atoms with Crippen LogP contribution in [0.5, 0.6) is 5.88 Å². The number of halogens is 3. The van der Waals surface area contributed by atoms with Gasteiger partial charge >= 0.3 is 0 Å². The maximum absolute atomic E-state index is 12.9. The van der Waals surface area contributed by atoms with E-state index in [4.69, 9.17) is 34.8 Å². The van der Waals surface area contributed by atoms with Gasteiger partial charge in [-0.15, -0.1) is 5.10 Å². The number of hydrogen-bond donors (Lipinski definition) is 2. The Bertz CT molecular complexity index is 1330. The van der Waals surface area contributed by atoms with E-state index in [1.54, 1.807) is 6.07 Å². The van der Waals surface area contributed by atoms with E-state index in [0.29, 0.717) is 15.6 Å². The predicted molar refractivity (Wildman–Crippen MR) is 102 cm³/mol. The van der Waals surface area contributed by atoms with Gasteiger partial charge in [0, 0.05) is 15.4 Å². The molecule has 2 aromatic heterocycles. The lowest BCUT2D eigenvalue weighted by atomic mass is 10.1. The molecule has 4 aromatic rings. The summed E-state index contributed by atoms with van der Waals surface area (Å²) in [6.07, 6.45) is 0. The molecule has 0 aliphatic heterocycles. The Balaban J connectivity index is 2.16. The number of pyridine rings is 1. The van der Waals surface area contributed by atoms with Crippen molar-refractivity contribution < 1.29 is 5.11 Å². The highest BCUT2D eigenvalue weighted by atomic mass is 35.5. The molecule has 0 saturated carbocycles. The van der Waals surface area contributed by atoms with Crippen LogP contribution in [0, 0.1) is 0 Å². The van der Waals surface area contributed by atoms with E-state index < -0.39 is 16.9 Å². The molecule has 2 N–H and O–H groups in total. The average Bonchev–Trinajstić information content (AvgIpc) is 2.58. The van der Waals surface area contributed by atoms with Crippen LogP contribution in [0.25, 0.3) is 27.5 Å². The van der Waals surface area contributed by atoms with Gasteiger partial charge in [-0.25, -0.2) is 0 Å². The fraction of sp³-hybridized carbons (Fsp3) is 0. The Kier molecular flexibility index (Phi) is 3.91. The molecule has 2 aromatic carbocycles. The molecular weight excluding hydrogens is 401 g/mol. The second kappa shape index (κ2) is 6.02. The molecule has 0 aliphatic rings. The predicted octanol–water partition coefficient (Wildman–Crippen LogP) is 3.89. The van der Waals surface area contributed by atoms with Crippen molar-refractivity contribution in [3.05, 3.63) is 72.0 Å². The van der Waals surface area contributed by atoms with Crippen LogP contribution in [0.4, 0.5) is 0 Å². The minimum Gasteiger partial charge on any atom is -0.491 e. The molecule has 9 heteroatoms. The van der Waals surface area contributed by atoms with E-state index in [9.17, 15) is 14.7 Å². The number of aromatic amines is 1. The summed E-state index contributed by atoms with van der Waals surface area (Å²) in [5.74, 6) is -0.524. The quantitative estimate of drug-likeness (QED) is 0.468. The number of fused-ring (bicyclic) bond motifs is 2. The molecule has 130 valence electrons. The summed E-state index contributed by atoms with van der Waals surface area (Å²) in [6, 6.07) is 9.00. The monoisotopic (exact) mass is 407 g/mol. The first-order valence-corrected chi connectivity index (χ1v) is 8.43. The molecule has 0 bridgehead atoms. The smallest absolute Gasteiger partial charge is 0.285 e. The van der Waals surface area contributed by atoms with Crippen molar-refractivity contribution >= 4 is 56.6 Å². The first-order valence-electron chi connectivity index (χ1n) is 7.30. The van der Waals surface area contributed by atoms with E-state index in [1.165, 1.54) is 30.3 Å². The molecule has 2 heterocycles. The van der Waals surface area contributed by atoms with Gasteiger partial charge in [0.15, 0.2) is 0 Å². The second-order valence-corrected chi connectivity index (χ2v) is 6.81. The Morgan fingerprint density at radius 3 is 2.42 bits per heavy atom. The van der Waals surface area contributed by atoms with Crippen LogP contribution in [0.3, 0.4) is 0 Å². The maximum Gasteiger partial charge on any atom is 0.285 e. The first-order chi connectivity index (χ1) is 12.4. The maximum atomic E-state index is 12.9. The summed E-state index contributed by atoms with van der Waals surface area (Å²) in [7, 11) is 0. The third-order valence-corrected chi connectivity index (χ3v) is 4.70. The summed E-state index contributed by atoms with van der Waals surface area (Å²) >= 11 is 17.9. The van der Waals surface area contributed by atoms with Crippen molar-refractivity contribution in [2.24, 2.45) is 0 Å². The van der Waals surface area contributed by atoms with Gasteiger partial charge in [-0.05, 0) is 36.4 Å². The molecule has 0 spiro atoms. The molecular formula is C17H8Cl3N3O3. The van der Waals surface area contributed by atoms with Gasteiger partial charge in [-0.3, -0.25) is 9.59 Å². The molecule has 0 saturated heterocycles. The SMILES string of the molecule is O=c1c2ccc(Cl)cc2[nH]c2c(O)nn(-c3ccc(Cl)cc3Cl)c(=O)c12. The highest BCUT2D eigenvalue weighted by Crippen LogP contribution is 2.25. The Morgan fingerprint density at radius 1 is 1.00 bits per heavy atom. The number of nitrogens with one attached hydrogen (secondary N) is 1. The van der Waals surface area contributed by atoms with E-state index >= 15 is 0 Å². The molecule has 6 nitrogen and oxygen atoms in total. The normalized spacial score (nSPS) is 11.3. The van der Waals surface area contributed by atoms with Crippen molar-refractivity contribution in [1.29, 1.82) is 0 Å². The van der Waals surface area contributed by atoms with Gasteiger partial charge in [0.1, 0.15) is 10.9 Å². The van der Waals surface area contributed by atoms with Crippen LogP contribution in [-0.2, 0) is 0 Å². The Morgan fingerprint density at radius 2 is 1.69 bits per heavy atom. The van der Waals surface area contributed by atoms with Crippen LogP contribution in [0.1, 0.15) is 0 Å². The molecule has 0 aliphatic carbocycles. The summed E-state index contributed by atoms with van der Waals surface area (Å²) in [5.41, 5.74) is -0.772. The number of rotatable bonds is 1. The van der Waals surface area contributed by atoms with Crippen molar-refractivity contribution in [2.45, 2.75) is 0 Å². The van der Waals surface area contributed by atoms with E-state index in [1.807, 2.05) is 0 Å². The Hall–Kier alpha value is -2.54. The fourth-order valence-corrected chi connectivity index (χ4v) is 3.41. The van der Waals surface area contributed by atoms with Crippen LogP contribution >= 0.6 is 34.8 Å². The largest absolute Gasteiger partial charge is 0.491 e. The number of benzene rings is 2. The summed E-state index contributed by atoms with van der Waals surface area (Å²) in [6.45, 7) is 0. The minimum atomic E-state index is -0.722. The average molecular weight is 409 g/mol. The molecule has 0 atom stereocenters. The van der Waals surface area contributed by atoms with E-state index in [2.05, 4.69) is 10.1 Å². The lowest BCUT2D eigenvalue weighted by Gasteiger charge is -2.10. The standard InChI is InChI=1S/C17H8Cl3N3O3/c18-7-2-4-12(10(20)5-7)23-17(26)13-14(16(25)22-23)21-11-6-8(19)1-3-9(11)15(13)24/h1-6H,(H,21,24)(H,22,25). The molecule has 0 fully saturated rings. The number of nitrogens with zero attached hydrogens (tertiary/aromatic N) is 2. The van der Waals surface area contributed by atoms with Gasteiger partial charge in [0.25, 0.3) is 11.4 Å². The zero-order valence-electron chi connectivity index (χ0n) is 12.8. The Labute approximate surface area is 160 Å². The third-order valence-electron chi connectivity index (χ3n) is 3.93. The topological polar surface area (TPSA) is 88.0 Å². The summed E-state index contributed by atoms with van der Waals surface area (Å²) in [5, 5.41) is 15.1. The van der Waals surface area contributed by atoms with Crippen molar-refractivity contribution in [3.63, 3.8) is 0 Å². The lowest BCUT2D eigenvalue weighted by molar-refractivity contribution is 0.443. The number of aromatic hydroxyl groups is 1. The zero-order chi connectivity index (χ0) is 18.6. The highest BCUT2D eigenvalue weighted by molar-refractivity contribution is 6.35. The third kappa shape index (κ3) is 2.54. The molecule has 0 radical (unpaired) electrons. The minimum absolute atomic E-state index is 0.0731. The van der Waals surface area contributed by atoms with Crippen molar-refractivity contribution in [3.8, 4) is 11.6 Å². The zero-order valence-corrected chi connectivity index (χ0v) is 15.0. The first kappa shape index (κ1) is 16.9. The highest BCUT2D eigenvalue weighted by Gasteiger charge is 2.18. The van der Waals surface area contributed by atoms with Gasteiger partial charge in [0.2, 0.25) is 5.43 Å². The van der Waals surface area contributed by atoms with E-state index in [-0.39, 0.29) is 27.0 Å². The second-order valence-electron chi connectivity index (χ2n) is 5.53. The van der Waals surface area contributed by atoms with Crippen molar-refractivity contribution in [1.82, 2.24) is 14.8 Å². The van der Waals surface area contributed by atoms with Crippen LogP contribution in [-0.4, -0.2) is 19.9 Å². The van der Waals surface area contributed by atoms with E-state index in [0.717, 1.165) is 4.68 Å². The molecule has 26 heavy (non-hydrogen) atoms. The van der Waals surface area contributed by atoms with Gasteiger partial charge in [0.05, 0.1) is 16.2 Å². The fourth-order valence-electron chi connectivity index (χ4n) is 2.75. The van der Waals surface area contributed by atoms with Crippen LogP contribution < -0.4 is 11.0 Å². The number of H-pyrrole nitrogens is 1. The van der Waals surface area contributed by atoms with Crippen LogP contribution in [0.15, 0.2) is 46.0 Å². The van der Waals surface area contributed by atoms with Gasteiger partial charge < -0.3 is 10.1 Å². The summed E-state index contributed by atoms with van der Waals surface area (Å²) in [4.78, 5) is 28.6. The number of hydrogen-bond acceptors (Lipinski definition) is 4. The molecule has 0 amide bonds. The summed E-state index contributed by atoms with van der Waals surface area (Å²) < 4.78 is 0.868. The molecule has 4 rings (SSSR count). The van der Waals surface area contributed by atoms with Crippen LogP contribution in [0.2, 0.25) is 15.1 Å².